The summed E-state index contributed by atoms with van der Waals surface area (Å²) in [6, 6.07) is 9.92. The quantitative estimate of drug-likeness (QED) is 0.749. The van der Waals surface area contributed by atoms with E-state index < -0.39 is 0 Å². The second-order valence-corrected chi connectivity index (χ2v) is 3.26. The molecule has 1 N–H and O–H groups in total. The van der Waals surface area contributed by atoms with Crippen LogP contribution in [0.4, 0.5) is 0 Å². The molecule has 1 rings (SSSR count). The van der Waals surface area contributed by atoms with Gasteiger partial charge in [0.25, 0.3) is 0 Å². The van der Waals surface area contributed by atoms with Gasteiger partial charge in [-0.1, -0.05) is 30.3 Å². The van der Waals surface area contributed by atoms with Crippen LogP contribution in [0.2, 0.25) is 0 Å². The molecule has 0 saturated heterocycles. The highest BCUT2D eigenvalue weighted by Crippen LogP contribution is 2.16. The third-order valence-electron chi connectivity index (χ3n) is 2.23. The number of carbonyl (C=O) groups excluding carboxylic acids is 1. The Kier molecular flexibility index (Phi) is 4.84. The maximum Gasteiger partial charge on any atom is 0.307 e. The van der Waals surface area contributed by atoms with Crippen LogP contribution in [-0.2, 0) is 9.53 Å². The van der Waals surface area contributed by atoms with E-state index in [0.29, 0.717) is 13.0 Å². The summed E-state index contributed by atoms with van der Waals surface area (Å²) >= 11 is 0. The number of esters is 1. The van der Waals surface area contributed by atoms with Gasteiger partial charge in [0.2, 0.25) is 0 Å². The number of hydrogen-bond acceptors (Lipinski definition) is 3. The number of rotatable bonds is 5. The van der Waals surface area contributed by atoms with Crippen LogP contribution in [0.15, 0.2) is 30.3 Å². The molecule has 0 spiro atoms. The van der Waals surface area contributed by atoms with Crippen molar-refractivity contribution in [1.82, 2.24) is 5.32 Å². The van der Waals surface area contributed by atoms with Gasteiger partial charge in [0.15, 0.2) is 0 Å². The van der Waals surface area contributed by atoms with Crippen LogP contribution in [0.25, 0.3) is 0 Å². The van der Waals surface area contributed by atoms with Gasteiger partial charge in [0.05, 0.1) is 13.0 Å². The normalized spacial score (nSPS) is 12.1. The van der Waals surface area contributed by atoms with Crippen molar-refractivity contribution in [2.45, 2.75) is 19.4 Å². The van der Waals surface area contributed by atoms with Crippen LogP contribution in [0.5, 0.6) is 0 Å². The van der Waals surface area contributed by atoms with Gasteiger partial charge in [-0.3, -0.25) is 4.79 Å². The Morgan fingerprint density at radius 3 is 2.60 bits per heavy atom. The molecular weight excluding hydrogens is 190 g/mol. The largest absolute Gasteiger partial charge is 0.466 e. The molecule has 3 heteroatoms. The molecule has 1 aromatic rings. The predicted octanol–water partition coefficient (Wildman–Crippen LogP) is 1.90. The van der Waals surface area contributed by atoms with Crippen molar-refractivity contribution in [1.29, 1.82) is 0 Å². The van der Waals surface area contributed by atoms with E-state index in [2.05, 4.69) is 5.32 Å². The first-order chi connectivity index (χ1) is 7.27. The van der Waals surface area contributed by atoms with Crippen molar-refractivity contribution >= 4 is 5.97 Å². The minimum absolute atomic E-state index is 0.0326. The Bertz CT molecular complexity index is 298. The number of hydrogen-bond donors (Lipinski definition) is 1. The first kappa shape index (κ1) is 11.7. The van der Waals surface area contributed by atoms with Crippen LogP contribution < -0.4 is 5.32 Å². The molecule has 0 radical (unpaired) electrons. The summed E-state index contributed by atoms with van der Waals surface area (Å²) in [4.78, 5) is 11.3. The van der Waals surface area contributed by atoms with Crippen LogP contribution in [-0.4, -0.2) is 19.6 Å². The summed E-state index contributed by atoms with van der Waals surface area (Å²) in [6.07, 6.45) is 0.369. The molecule has 0 aliphatic carbocycles. The number of benzene rings is 1. The van der Waals surface area contributed by atoms with E-state index in [-0.39, 0.29) is 12.0 Å². The molecule has 0 aliphatic rings. The molecule has 82 valence electrons. The van der Waals surface area contributed by atoms with Crippen molar-refractivity contribution in [2.75, 3.05) is 13.7 Å². The third-order valence-corrected chi connectivity index (χ3v) is 2.23. The van der Waals surface area contributed by atoms with E-state index in [1.54, 1.807) is 0 Å². The summed E-state index contributed by atoms with van der Waals surface area (Å²) in [5.74, 6) is -0.166. The van der Waals surface area contributed by atoms with Gasteiger partial charge in [0.1, 0.15) is 0 Å². The van der Waals surface area contributed by atoms with E-state index in [9.17, 15) is 4.79 Å². The highest BCUT2D eigenvalue weighted by atomic mass is 16.5. The Hall–Kier alpha value is -1.35. The van der Waals surface area contributed by atoms with Crippen molar-refractivity contribution < 1.29 is 9.53 Å². The Labute approximate surface area is 90.4 Å². The lowest BCUT2D eigenvalue weighted by atomic mass is 10.0. The van der Waals surface area contributed by atoms with Gasteiger partial charge in [-0.2, -0.15) is 0 Å². The van der Waals surface area contributed by atoms with Gasteiger partial charge in [0, 0.05) is 6.04 Å². The van der Waals surface area contributed by atoms with E-state index in [4.69, 9.17) is 4.74 Å². The Morgan fingerprint density at radius 1 is 1.40 bits per heavy atom. The minimum Gasteiger partial charge on any atom is -0.466 e. The van der Waals surface area contributed by atoms with Crippen LogP contribution in [0, 0.1) is 0 Å². The summed E-state index contributed by atoms with van der Waals surface area (Å²) in [6.45, 7) is 2.25. The van der Waals surface area contributed by atoms with Crippen molar-refractivity contribution in [3.8, 4) is 0 Å². The SMILES string of the molecule is CCOC(=O)C[C@@H](NC)c1ccccc1. The molecule has 15 heavy (non-hydrogen) atoms. The van der Waals surface area contributed by atoms with Crippen molar-refractivity contribution in [3.05, 3.63) is 35.9 Å². The Morgan fingerprint density at radius 2 is 2.07 bits per heavy atom. The molecule has 0 aromatic heterocycles. The molecule has 1 aromatic carbocycles. The molecule has 0 amide bonds. The molecule has 0 aliphatic heterocycles. The van der Waals surface area contributed by atoms with Crippen LogP contribution in [0.3, 0.4) is 0 Å². The zero-order valence-corrected chi connectivity index (χ0v) is 9.19. The fraction of sp³-hybridized carbons (Fsp3) is 0.417. The maximum atomic E-state index is 11.3. The van der Waals surface area contributed by atoms with Gasteiger partial charge >= 0.3 is 5.97 Å². The predicted molar refractivity (Wildman–Crippen MR) is 59.5 cm³/mol. The third kappa shape index (κ3) is 3.72. The van der Waals surface area contributed by atoms with Crippen LogP contribution in [0.1, 0.15) is 24.9 Å². The number of ether oxygens (including phenoxy) is 1. The lowest BCUT2D eigenvalue weighted by Gasteiger charge is -2.15. The zero-order chi connectivity index (χ0) is 11.1. The van der Waals surface area contributed by atoms with Gasteiger partial charge in [-0.15, -0.1) is 0 Å². The summed E-state index contributed by atoms with van der Waals surface area (Å²) < 4.78 is 4.92. The minimum atomic E-state index is -0.166. The molecule has 1 atom stereocenters. The first-order valence-electron chi connectivity index (χ1n) is 5.15. The van der Waals surface area contributed by atoms with E-state index >= 15 is 0 Å². The van der Waals surface area contributed by atoms with Crippen molar-refractivity contribution in [2.24, 2.45) is 0 Å². The van der Waals surface area contributed by atoms with E-state index in [1.807, 2.05) is 44.3 Å². The van der Waals surface area contributed by atoms with Crippen LogP contribution >= 0.6 is 0 Å². The number of nitrogens with one attached hydrogen (secondary N) is 1. The zero-order valence-electron chi connectivity index (χ0n) is 9.19. The first-order valence-corrected chi connectivity index (χ1v) is 5.15. The second-order valence-electron chi connectivity index (χ2n) is 3.26. The highest BCUT2D eigenvalue weighted by Gasteiger charge is 2.14. The molecule has 0 saturated carbocycles. The lowest BCUT2D eigenvalue weighted by Crippen LogP contribution is -2.21. The highest BCUT2D eigenvalue weighted by molar-refractivity contribution is 5.70. The summed E-state index contributed by atoms with van der Waals surface area (Å²) in [5, 5.41) is 3.11. The molecule has 0 unspecified atom stereocenters. The molecule has 3 nitrogen and oxygen atoms in total. The average molecular weight is 207 g/mol. The fourth-order valence-electron chi connectivity index (χ4n) is 1.46. The maximum absolute atomic E-state index is 11.3. The van der Waals surface area contributed by atoms with E-state index in [0.717, 1.165) is 5.56 Å². The molecule has 0 fully saturated rings. The van der Waals surface area contributed by atoms with Gasteiger partial charge in [-0.05, 0) is 19.5 Å². The molecular formula is C12H17NO2. The average Bonchev–Trinajstić information content (AvgIpc) is 2.27. The van der Waals surface area contributed by atoms with Gasteiger partial charge in [-0.25, -0.2) is 0 Å². The second kappa shape index (κ2) is 6.19. The van der Waals surface area contributed by atoms with Crippen molar-refractivity contribution in [3.63, 3.8) is 0 Å². The summed E-state index contributed by atoms with van der Waals surface area (Å²) in [7, 11) is 1.84. The monoisotopic (exact) mass is 207 g/mol. The van der Waals surface area contributed by atoms with Gasteiger partial charge < -0.3 is 10.1 Å². The van der Waals surface area contributed by atoms with E-state index in [1.165, 1.54) is 0 Å². The fourth-order valence-corrected chi connectivity index (χ4v) is 1.46. The summed E-state index contributed by atoms with van der Waals surface area (Å²) in [5.41, 5.74) is 1.10. The lowest BCUT2D eigenvalue weighted by molar-refractivity contribution is -0.143. The topological polar surface area (TPSA) is 38.3 Å². The standard InChI is InChI=1S/C12H17NO2/c1-3-15-12(14)9-11(13-2)10-7-5-4-6-8-10/h4-8,11,13H,3,9H2,1-2H3/t11-/m1/s1. The smallest absolute Gasteiger partial charge is 0.307 e. The Balaban J connectivity index is 2.61. The molecule has 0 bridgehead atoms. The number of carbonyl (C=O) groups is 1. The molecule has 0 heterocycles.